The molecule has 1 heterocycles. The zero-order valence-corrected chi connectivity index (χ0v) is 7.18. The minimum Gasteiger partial charge on any atom is -0.478 e. The molecule has 0 atom stereocenters. The molecule has 0 bridgehead atoms. The van der Waals surface area contributed by atoms with Crippen LogP contribution in [0.25, 0.3) is 17.2 Å². The molecule has 0 aliphatic heterocycles. The Kier molecular flexibility index (Phi) is 2.02. The van der Waals surface area contributed by atoms with Gasteiger partial charge in [-0.05, 0) is 12.1 Å². The van der Waals surface area contributed by atoms with E-state index in [0.29, 0.717) is 11.5 Å². The molecule has 0 saturated carbocycles. The molecule has 4 nitrogen and oxygen atoms in total. The van der Waals surface area contributed by atoms with Gasteiger partial charge in [0, 0.05) is 12.2 Å². The number of rotatable bonds is 2. The summed E-state index contributed by atoms with van der Waals surface area (Å²) in [6.45, 7) is 0. The first kappa shape index (κ1) is 8.50. The minimum atomic E-state index is -1.02. The van der Waals surface area contributed by atoms with Crippen molar-refractivity contribution in [3.05, 3.63) is 36.2 Å². The van der Waals surface area contributed by atoms with Crippen LogP contribution in [0.4, 0.5) is 0 Å². The van der Waals surface area contributed by atoms with Crippen LogP contribution in [0.3, 0.4) is 0 Å². The molecule has 2 rings (SSSR count). The van der Waals surface area contributed by atoms with E-state index < -0.39 is 5.97 Å². The first-order valence-corrected chi connectivity index (χ1v) is 4.02. The number of carbonyl (C=O) groups is 1. The highest BCUT2D eigenvalue weighted by atomic mass is 16.4. The number of carboxylic acids is 1. The SMILES string of the molecule is O=C(O)/C=C/c1nc2ccccc2o1. The van der Waals surface area contributed by atoms with Gasteiger partial charge in [0.1, 0.15) is 5.52 Å². The number of fused-ring (bicyclic) bond motifs is 1. The molecule has 0 fully saturated rings. The smallest absolute Gasteiger partial charge is 0.328 e. The number of hydrogen-bond donors (Lipinski definition) is 1. The van der Waals surface area contributed by atoms with Gasteiger partial charge in [-0.3, -0.25) is 0 Å². The van der Waals surface area contributed by atoms with Gasteiger partial charge in [-0.2, -0.15) is 0 Å². The Bertz CT molecular complexity index is 466. The molecule has 0 spiro atoms. The van der Waals surface area contributed by atoms with Crippen LogP contribution < -0.4 is 0 Å². The highest BCUT2D eigenvalue weighted by Crippen LogP contribution is 2.15. The maximum atomic E-state index is 10.2. The zero-order valence-electron chi connectivity index (χ0n) is 7.18. The maximum absolute atomic E-state index is 10.2. The van der Waals surface area contributed by atoms with E-state index >= 15 is 0 Å². The van der Waals surface area contributed by atoms with Crippen molar-refractivity contribution in [1.82, 2.24) is 4.98 Å². The van der Waals surface area contributed by atoms with Crippen LogP contribution in [0, 0.1) is 0 Å². The van der Waals surface area contributed by atoms with E-state index in [1.54, 1.807) is 12.1 Å². The van der Waals surface area contributed by atoms with Gasteiger partial charge in [0.2, 0.25) is 5.89 Å². The van der Waals surface area contributed by atoms with Gasteiger partial charge in [0.25, 0.3) is 0 Å². The highest BCUT2D eigenvalue weighted by Gasteiger charge is 2.01. The Morgan fingerprint density at radius 2 is 2.21 bits per heavy atom. The first-order chi connectivity index (χ1) is 6.75. The van der Waals surface area contributed by atoms with Gasteiger partial charge in [-0.25, -0.2) is 9.78 Å². The summed E-state index contributed by atoms with van der Waals surface area (Å²) < 4.78 is 5.26. The number of benzene rings is 1. The lowest BCUT2D eigenvalue weighted by molar-refractivity contribution is -0.131. The zero-order chi connectivity index (χ0) is 9.97. The first-order valence-electron chi connectivity index (χ1n) is 4.02. The van der Waals surface area contributed by atoms with E-state index in [2.05, 4.69) is 4.98 Å². The summed E-state index contributed by atoms with van der Waals surface area (Å²) in [5.41, 5.74) is 1.37. The second-order valence-corrected chi connectivity index (χ2v) is 2.69. The molecule has 0 aliphatic carbocycles. The van der Waals surface area contributed by atoms with Crippen LogP contribution in [0.5, 0.6) is 0 Å². The third kappa shape index (κ3) is 1.64. The van der Waals surface area contributed by atoms with Crippen LogP contribution in [-0.2, 0) is 4.79 Å². The normalized spacial score (nSPS) is 11.1. The summed E-state index contributed by atoms with van der Waals surface area (Å²) in [6.07, 6.45) is 2.31. The summed E-state index contributed by atoms with van der Waals surface area (Å²) in [5, 5.41) is 8.39. The number of aromatic nitrogens is 1. The molecular weight excluding hydrogens is 182 g/mol. The Morgan fingerprint density at radius 3 is 2.93 bits per heavy atom. The molecule has 0 saturated heterocycles. The quantitative estimate of drug-likeness (QED) is 0.733. The van der Waals surface area contributed by atoms with Gasteiger partial charge < -0.3 is 9.52 Å². The summed E-state index contributed by atoms with van der Waals surface area (Å²) in [7, 11) is 0. The molecule has 0 aliphatic rings. The predicted molar refractivity (Wildman–Crippen MR) is 50.7 cm³/mol. The van der Waals surface area contributed by atoms with Gasteiger partial charge in [-0.1, -0.05) is 12.1 Å². The van der Waals surface area contributed by atoms with Crippen LogP contribution >= 0.6 is 0 Å². The van der Waals surface area contributed by atoms with Crippen LogP contribution in [-0.4, -0.2) is 16.1 Å². The number of nitrogens with zero attached hydrogens (tertiary/aromatic N) is 1. The van der Waals surface area contributed by atoms with Crippen molar-refractivity contribution in [3.63, 3.8) is 0 Å². The summed E-state index contributed by atoms with van der Waals surface area (Å²) in [6, 6.07) is 7.26. The summed E-state index contributed by atoms with van der Waals surface area (Å²) >= 11 is 0. The van der Waals surface area contributed by atoms with Crippen LogP contribution in [0.15, 0.2) is 34.8 Å². The largest absolute Gasteiger partial charge is 0.478 e. The van der Waals surface area contributed by atoms with Crippen molar-refractivity contribution < 1.29 is 14.3 Å². The molecule has 14 heavy (non-hydrogen) atoms. The fourth-order valence-corrected chi connectivity index (χ4v) is 1.10. The summed E-state index contributed by atoms with van der Waals surface area (Å²) in [4.78, 5) is 14.3. The standard InChI is InChI=1S/C10H7NO3/c12-10(13)6-5-9-11-7-3-1-2-4-8(7)14-9/h1-6H,(H,12,13)/b6-5+. The topological polar surface area (TPSA) is 63.3 Å². The highest BCUT2D eigenvalue weighted by molar-refractivity contribution is 5.85. The van der Waals surface area contributed by atoms with Crippen molar-refractivity contribution in [1.29, 1.82) is 0 Å². The molecule has 0 radical (unpaired) electrons. The second kappa shape index (κ2) is 3.33. The molecule has 70 valence electrons. The van der Waals surface area contributed by atoms with E-state index in [9.17, 15) is 4.79 Å². The van der Waals surface area contributed by atoms with E-state index in [1.807, 2.05) is 12.1 Å². The van der Waals surface area contributed by atoms with Crippen molar-refractivity contribution in [2.45, 2.75) is 0 Å². The Labute approximate surface area is 79.5 Å². The third-order valence-electron chi connectivity index (χ3n) is 1.68. The van der Waals surface area contributed by atoms with Crippen molar-refractivity contribution in [2.75, 3.05) is 0 Å². The molecule has 1 aromatic carbocycles. The molecule has 1 aromatic heterocycles. The summed E-state index contributed by atoms with van der Waals surface area (Å²) in [5.74, 6) is -0.721. The Hall–Kier alpha value is -2.10. The minimum absolute atomic E-state index is 0.300. The van der Waals surface area contributed by atoms with E-state index in [1.165, 1.54) is 6.08 Å². The van der Waals surface area contributed by atoms with Crippen LogP contribution in [0.1, 0.15) is 5.89 Å². The van der Waals surface area contributed by atoms with Gasteiger partial charge in [0.05, 0.1) is 0 Å². The lowest BCUT2D eigenvalue weighted by atomic mass is 10.3. The number of aliphatic carboxylic acids is 1. The maximum Gasteiger partial charge on any atom is 0.328 e. The number of oxazole rings is 1. The van der Waals surface area contributed by atoms with Crippen molar-refractivity contribution >= 4 is 23.1 Å². The molecular formula is C10H7NO3. The number of carboxylic acid groups (broad SMARTS) is 1. The lowest BCUT2D eigenvalue weighted by Crippen LogP contribution is -1.85. The van der Waals surface area contributed by atoms with E-state index in [4.69, 9.17) is 9.52 Å². The fraction of sp³-hybridized carbons (Fsp3) is 0. The monoisotopic (exact) mass is 189 g/mol. The lowest BCUT2D eigenvalue weighted by Gasteiger charge is -1.80. The third-order valence-corrected chi connectivity index (χ3v) is 1.68. The van der Waals surface area contributed by atoms with Crippen molar-refractivity contribution in [3.8, 4) is 0 Å². The van der Waals surface area contributed by atoms with Gasteiger partial charge in [-0.15, -0.1) is 0 Å². The molecule has 4 heteroatoms. The second-order valence-electron chi connectivity index (χ2n) is 2.69. The van der Waals surface area contributed by atoms with E-state index in [-0.39, 0.29) is 0 Å². The van der Waals surface area contributed by atoms with Crippen molar-refractivity contribution in [2.24, 2.45) is 0 Å². The fourth-order valence-electron chi connectivity index (χ4n) is 1.10. The predicted octanol–water partition coefficient (Wildman–Crippen LogP) is 1.93. The number of hydrogen-bond acceptors (Lipinski definition) is 3. The molecule has 0 unspecified atom stereocenters. The molecule has 1 N–H and O–H groups in total. The van der Waals surface area contributed by atoms with Gasteiger partial charge in [0.15, 0.2) is 5.58 Å². The Morgan fingerprint density at radius 1 is 1.43 bits per heavy atom. The Balaban J connectivity index is 2.40. The van der Waals surface area contributed by atoms with Gasteiger partial charge >= 0.3 is 5.97 Å². The average molecular weight is 189 g/mol. The van der Waals surface area contributed by atoms with Crippen LogP contribution in [0.2, 0.25) is 0 Å². The van der Waals surface area contributed by atoms with E-state index in [0.717, 1.165) is 11.6 Å². The average Bonchev–Trinajstić information content (AvgIpc) is 2.57. The molecule has 2 aromatic rings. The number of para-hydroxylation sites is 2. The molecule has 0 amide bonds.